The Balaban J connectivity index is 0.00000300. The fourth-order valence-electron chi connectivity index (χ4n) is 4.19. The molecule has 0 bridgehead atoms. The van der Waals surface area contributed by atoms with Gasteiger partial charge in [-0.3, -0.25) is 4.79 Å². The predicted molar refractivity (Wildman–Crippen MR) is 165 cm³/mol. The SMILES string of the molecule is Cc1cc(NC(=O)c2ccc(N)cc2)ccc1N=Nc1ccc(N=Nc2ccc3cc(S(=O)(=O)[O-])cc(S(=O)(=O)[O-])c3c2)cc1.[Na+].[Na+]. The molecule has 0 saturated heterocycles. The Hall–Kier alpha value is -3.35. The number of azo groups is 2. The van der Waals surface area contributed by atoms with Gasteiger partial charge in [-0.25, -0.2) is 16.8 Å². The number of fused-ring (bicyclic) bond motifs is 1. The number of aryl methyl sites for hydroxylation is 1. The van der Waals surface area contributed by atoms with Gasteiger partial charge in [0.05, 0.1) is 32.5 Å². The van der Waals surface area contributed by atoms with E-state index in [0.29, 0.717) is 40.1 Å². The van der Waals surface area contributed by atoms with E-state index < -0.39 is 30.0 Å². The molecule has 0 fully saturated rings. The normalized spacial score (nSPS) is 11.7. The van der Waals surface area contributed by atoms with Crippen LogP contribution in [-0.4, -0.2) is 31.8 Å². The Labute approximate surface area is 314 Å². The van der Waals surface area contributed by atoms with Crippen molar-refractivity contribution >= 4 is 71.0 Å². The minimum atomic E-state index is -5.11. The second-order valence-electron chi connectivity index (χ2n) is 9.73. The maximum atomic E-state index is 12.5. The molecule has 0 aromatic heterocycles. The molecule has 0 aliphatic rings. The van der Waals surface area contributed by atoms with Crippen molar-refractivity contribution in [1.82, 2.24) is 0 Å². The molecule has 0 radical (unpaired) electrons. The summed E-state index contributed by atoms with van der Waals surface area (Å²) >= 11 is 0. The summed E-state index contributed by atoms with van der Waals surface area (Å²) in [5.41, 5.74) is 9.82. The molecule has 47 heavy (non-hydrogen) atoms. The van der Waals surface area contributed by atoms with Crippen LogP contribution in [-0.2, 0) is 20.2 Å². The number of nitrogens with two attached hydrogens (primary N) is 1. The van der Waals surface area contributed by atoms with E-state index in [9.17, 15) is 30.7 Å². The molecule has 1 amide bonds. The predicted octanol–water partition coefficient (Wildman–Crippen LogP) is 0.630. The summed E-state index contributed by atoms with van der Waals surface area (Å²) < 4.78 is 69.6. The van der Waals surface area contributed by atoms with Crippen LogP contribution in [0.5, 0.6) is 0 Å². The van der Waals surface area contributed by atoms with Crippen molar-refractivity contribution in [2.24, 2.45) is 20.5 Å². The van der Waals surface area contributed by atoms with Gasteiger partial charge in [-0.05, 0) is 109 Å². The second-order valence-corrected chi connectivity index (χ2v) is 12.5. The van der Waals surface area contributed by atoms with Crippen molar-refractivity contribution < 1.29 is 89.9 Å². The van der Waals surface area contributed by atoms with Gasteiger partial charge < -0.3 is 20.2 Å². The number of hydrogen-bond acceptors (Lipinski definition) is 12. The third-order valence-corrected chi connectivity index (χ3v) is 8.15. The number of benzene rings is 5. The number of nitrogens with zero attached hydrogens (tertiary/aromatic N) is 4. The maximum absolute atomic E-state index is 12.5. The monoisotopic (exact) mass is 688 g/mol. The van der Waals surface area contributed by atoms with Gasteiger partial charge >= 0.3 is 59.1 Å². The zero-order chi connectivity index (χ0) is 32.4. The number of nitrogens with one attached hydrogen (secondary N) is 1. The summed E-state index contributed by atoms with van der Waals surface area (Å²) in [7, 11) is -10.1. The molecular weight excluding hydrogens is 666 g/mol. The van der Waals surface area contributed by atoms with Crippen LogP contribution in [0.2, 0.25) is 0 Å². The van der Waals surface area contributed by atoms with Crippen LogP contribution in [0.4, 0.5) is 34.1 Å². The van der Waals surface area contributed by atoms with Gasteiger partial charge in [0.2, 0.25) is 0 Å². The molecule has 0 aliphatic carbocycles. The molecule has 0 aliphatic heterocycles. The summed E-state index contributed by atoms with van der Waals surface area (Å²) in [6.45, 7) is 1.84. The van der Waals surface area contributed by atoms with E-state index in [1.165, 1.54) is 18.2 Å². The van der Waals surface area contributed by atoms with Gasteiger partial charge in [0, 0.05) is 22.3 Å². The Morgan fingerprint density at radius 1 is 0.681 bits per heavy atom. The Morgan fingerprint density at radius 3 is 1.83 bits per heavy atom. The number of anilines is 2. The molecular formula is C30H22N6Na2O7S2. The number of carbonyl (C=O) groups is 1. The number of rotatable bonds is 8. The molecule has 17 heteroatoms. The largest absolute Gasteiger partial charge is 1.00 e. The summed E-state index contributed by atoms with van der Waals surface area (Å²) in [6, 6.07) is 23.9. The van der Waals surface area contributed by atoms with E-state index in [1.807, 2.05) is 6.92 Å². The Kier molecular flexibility index (Phi) is 12.7. The average Bonchev–Trinajstić information content (AvgIpc) is 2.99. The first-order valence-corrected chi connectivity index (χ1v) is 15.8. The standard InChI is InChI=1S/C30H24N6O7S2.2Na/c1-18-14-24(32-30(37)19-2-5-21(31)6-3-19)12-13-28(18)36-34-23-10-8-22(9-11-23)33-35-25-7-4-20-15-26(44(38,39)40)17-29(27(20)16-25)45(41,42)43;;/h2-17H,31H2,1H3,(H,32,37)(H,38,39,40)(H,41,42,43);;/q;2*+1/p-2. The molecule has 0 heterocycles. The molecule has 3 N–H and O–H groups in total. The van der Waals surface area contributed by atoms with Gasteiger partial charge in [0.15, 0.2) is 0 Å². The molecule has 5 aromatic rings. The summed E-state index contributed by atoms with van der Waals surface area (Å²) in [5.74, 6) is -0.270. The zero-order valence-corrected chi connectivity index (χ0v) is 30.9. The van der Waals surface area contributed by atoms with Crippen molar-refractivity contribution in [2.45, 2.75) is 16.7 Å². The first-order chi connectivity index (χ1) is 21.3. The minimum Gasteiger partial charge on any atom is -0.744 e. The van der Waals surface area contributed by atoms with Crippen molar-refractivity contribution in [1.29, 1.82) is 0 Å². The molecule has 0 spiro atoms. The van der Waals surface area contributed by atoms with Gasteiger partial charge in [0.25, 0.3) is 5.91 Å². The fraction of sp³-hybridized carbons (Fsp3) is 0.0333. The first-order valence-electron chi connectivity index (χ1n) is 13.0. The molecule has 13 nitrogen and oxygen atoms in total. The fourth-order valence-corrected chi connectivity index (χ4v) is 5.52. The minimum absolute atomic E-state index is 0. The van der Waals surface area contributed by atoms with Crippen molar-refractivity contribution in [3.63, 3.8) is 0 Å². The van der Waals surface area contributed by atoms with Gasteiger partial charge in [0.1, 0.15) is 20.2 Å². The molecule has 5 rings (SSSR count). The number of amides is 1. The van der Waals surface area contributed by atoms with Crippen molar-refractivity contribution in [3.8, 4) is 0 Å². The second kappa shape index (κ2) is 15.7. The van der Waals surface area contributed by atoms with Crippen LogP contribution in [0, 0.1) is 6.92 Å². The van der Waals surface area contributed by atoms with E-state index in [0.717, 1.165) is 11.6 Å². The maximum Gasteiger partial charge on any atom is 1.00 e. The summed E-state index contributed by atoms with van der Waals surface area (Å²) in [5, 5.41) is 19.5. The third-order valence-electron chi connectivity index (χ3n) is 6.46. The van der Waals surface area contributed by atoms with E-state index in [4.69, 9.17) is 5.73 Å². The van der Waals surface area contributed by atoms with E-state index in [-0.39, 0.29) is 81.5 Å². The van der Waals surface area contributed by atoms with Gasteiger partial charge in [-0.15, -0.1) is 0 Å². The van der Waals surface area contributed by atoms with Crippen LogP contribution >= 0.6 is 0 Å². The molecule has 0 atom stereocenters. The first kappa shape index (κ1) is 38.1. The Morgan fingerprint density at radius 2 is 1.26 bits per heavy atom. The van der Waals surface area contributed by atoms with Crippen LogP contribution in [0.25, 0.3) is 10.8 Å². The van der Waals surface area contributed by atoms with Gasteiger partial charge in [-0.2, -0.15) is 20.5 Å². The third kappa shape index (κ3) is 9.84. The number of nitrogen functional groups attached to an aromatic ring is 1. The van der Waals surface area contributed by atoms with E-state index in [2.05, 4.69) is 25.8 Å². The van der Waals surface area contributed by atoms with Crippen molar-refractivity contribution in [3.05, 3.63) is 108 Å². The van der Waals surface area contributed by atoms with Crippen LogP contribution in [0.1, 0.15) is 15.9 Å². The van der Waals surface area contributed by atoms with Crippen molar-refractivity contribution in [2.75, 3.05) is 11.1 Å². The zero-order valence-electron chi connectivity index (χ0n) is 25.3. The van der Waals surface area contributed by atoms with E-state index >= 15 is 0 Å². The number of carbonyl (C=O) groups excluding carboxylic acids is 1. The molecule has 228 valence electrons. The molecule has 0 saturated carbocycles. The quantitative estimate of drug-likeness (QED) is 0.102. The summed E-state index contributed by atoms with van der Waals surface area (Å²) in [4.78, 5) is 10.8. The Bertz CT molecular complexity index is 2230. The molecule has 5 aromatic carbocycles. The van der Waals surface area contributed by atoms with Crippen LogP contribution < -0.4 is 70.2 Å². The summed E-state index contributed by atoms with van der Waals surface area (Å²) in [6.07, 6.45) is 0. The van der Waals surface area contributed by atoms with Gasteiger partial charge in [-0.1, -0.05) is 6.07 Å². The number of hydrogen-bond donors (Lipinski definition) is 2. The topological polar surface area (TPSA) is 219 Å². The average molecular weight is 689 g/mol. The smallest absolute Gasteiger partial charge is 0.744 e. The van der Waals surface area contributed by atoms with Crippen LogP contribution in [0.15, 0.2) is 127 Å². The van der Waals surface area contributed by atoms with E-state index in [1.54, 1.807) is 66.7 Å². The molecule has 0 unspecified atom stereocenters. The van der Waals surface area contributed by atoms with Crippen LogP contribution in [0.3, 0.4) is 0 Å².